The fraction of sp³-hybridized carbons (Fsp3) is 0.471. The van der Waals surface area contributed by atoms with Gasteiger partial charge < -0.3 is 5.11 Å². The molecule has 1 heterocycles. The summed E-state index contributed by atoms with van der Waals surface area (Å²) in [6.45, 7) is 9.01. The number of benzene rings is 1. The van der Waals surface area contributed by atoms with Crippen LogP contribution in [-0.2, 0) is 18.5 Å². The van der Waals surface area contributed by atoms with E-state index in [1.807, 2.05) is 18.2 Å². The smallest absolute Gasteiger partial charge is 0.0982 e. The van der Waals surface area contributed by atoms with E-state index < -0.39 is 0 Å². The first-order chi connectivity index (χ1) is 9.99. The van der Waals surface area contributed by atoms with Crippen LogP contribution in [0.25, 0.3) is 0 Å². The van der Waals surface area contributed by atoms with Crippen molar-refractivity contribution >= 4 is 11.3 Å². The summed E-state index contributed by atoms with van der Waals surface area (Å²) in [5, 5.41) is 12.6. The number of hydrogen-bond donors (Lipinski definition) is 1. The largest absolute Gasteiger partial charge is 0.395 e. The summed E-state index contributed by atoms with van der Waals surface area (Å²) >= 11 is 1.72. The van der Waals surface area contributed by atoms with Crippen molar-refractivity contribution in [2.45, 2.75) is 39.3 Å². The Morgan fingerprint density at radius 1 is 1.14 bits per heavy atom. The molecule has 2 rings (SSSR count). The van der Waals surface area contributed by atoms with Gasteiger partial charge in [0.1, 0.15) is 0 Å². The zero-order chi connectivity index (χ0) is 15.3. The second-order valence-electron chi connectivity index (χ2n) is 6.31. The molecule has 0 aliphatic heterocycles. The second-order valence-corrected chi connectivity index (χ2v) is 7.17. The van der Waals surface area contributed by atoms with Gasteiger partial charge in [0, 0.05) is 30.4 Å². The van der Waals surface area contributed by atoms with Gasteiger partial charge in [0.05, 0.1) is 17.3 Å². The van der Waals surface area contributed by atoms with Crippen LogP contribution in [0.3, 0.4) is 0 Å². The minimum atomic E-state index is 0.101. The monoisotopic (exact) mass is 304 g/mol. The van der Waals surface area contributed by atoms with Crippen LogP contribution in [0.2, 0.25) is 0 Å². The molecule has 0 bridgehead atoms. The van der Waals surface area contributed by atoms with Gasteiger partial charge in [-0.15, -0.1) is 11.3 Å². The van der Waals surface area contributed by atoms with E-state index in [0.29, 0.717) is 6.54 Å². The van der Waals surface area contributed by atoms with Gasteiger partial charge in [-0.1, -0.05) is 51.1 Å². The predicted molar refractivity (Wildman–Crippen MR) is 88.5 cm³/mol. The highest BCUT2D eigenvalue weighted by atomic mass is 32.1. The number of aliphatic hydroxyl groups excluding tert-OH is 1. The molecule has 0 spiro atoms. The molecular weight excluding hydrogens is 280 g/mol. The minimum absolute atomic E-state index is 0.101. The van der Waals surface area contributed by atoms with E-state index in [9.17, 15) is 5.11 Å². The van der Waals surface area contributed by atoms with Gasteiger partial charge in [0.25, 0.3) is 0 Å². The highest BCUT2D eigenvalue weighted by Gasteiger charge is 2.18. The first kappa shape index (κ1) is 16.1. The Bertz CT molecular complexity index is 545. The molecule has 3 nitrogen and oxygen atoms in total. The molecule has 4 heteroatoms. The van der Waals surface area contributed by atoms with Crippen LogP contribution in [0, 0.1) is 0 Å². The van der Waals surface area contributed by atoms with Crippen molar-refractivity contribution in [2.75, 3.05) is 13.2 Å². The second kappa shape index (κ2) is 7.16. The number of thiazole rings is 1. The summed E-state index contributed by atoms with van der Waals surface area (Å²) in [6, 6.07) is 10.4. The van der Waals surface area contributed by atoms with Gasteiger partial charge in [0.15, 0.2) is 0 Å². The quantitative estimate of drug-likeness (QED) is 0.888. The maximum absolute atomic E-state index is 9.27. The Morgan fingerprint density at radius 2 is 1.86 bits per heavy atom. The summed E-state index contributed by atoms with van der Waals surface area (Å²) in [4.78, 5) is 6.97. The number of aliphatic hydroxyl groups is 1. The number of rotatable bonds is 6. The van der Waals surface area contributed by atoms with Gasteiger partial charge in [0.2, 0.25) is 0 Å². The van der Waals surface area contributed by atoms with Crippen molar-refractivity contribution in [3.63, 3.8) is 0 Å². The summed E-state index contributed by atoms with van der Waals surface area (Å²) in [6.07, 6.45) is 0. The molecule has 0 fully saturated rings. The molecule has 114 valence electrons. The van der Waals surface area contributed by atoms with Crippen LogP contribution in [0.5, 0.6) is 0 Å². The van der Waals surface area contributed by atoms with E-state index in [0.717, 1.165) is 18.8 Å². The molecule has 0 saturated heterocycles. The fourth-order valence-corrected chi connectivity index (χ4v) is 3.05. The molecule has 2 aromatic rings. The molecule has 0 aliphatic carbocycles. The zero-order valence-corrected chi connectivity index (χ0v) is 13.9. The standard InChI is InChI=1S/C17H24N2OS/c1-17(2,3)16-18-15(13-21-16)12-19(9-10-20)11-14-7-5-4-6-8-14/h4-8,13,20H,9-12H2,1-3H3. The lowest BCUT2D eigenvalue weighted by Crippen LogP contribution is -2.26. The van der Waals surface area contributed by atoms with E-state index >= 15 is 0 Å². The van der Waals surface area contributed by atoms with Crippen LogP contribution < -0.4 is 0 Å². The molecule has 1 aromatic heterocycles. The molecule has 0 unspecified atom stereocenters. The van der Waals surface area contributed by atoms with E-state index in [1.165, 1.54) is 10.6 Å². The molecular formula is C17H24N2OS. The Kier molecular flexibility index (Phi) is 5.51. The van der Waals surface area contributed by atoms with Crippen molar-refractivity contribution in [3.8, 4) is 0 Å². The molecule has 0 atom stereocenters. The van der Waals surface area contributed by atoms with Gasteiger partial charge in [-0.3, -0.25) is 4.90 Å². The Labute approximate surface area is 131 Å². The topological polar surface area (TPSA) is 36.4 Å². The van der Waals surface area contributed by atoms with Crippen molar-refractivity contribution in [2.24, 2.45) is 0 Å². The fourth-order valence-electron chi connectivity index (χ4n) is 2.15. The molecule has 0 aliphatic rings. The summed E-state index contributed by atoms with van der Waals surface area (Å²) in [7, 11) is 0. The Morgan fingerprint density at radius 3 is 2.43 bits per heavy atom. The molecule has 0 amide bonds. The molecule has 0 radical (unpaired) electrons. The number of hydrogen-bond acceptors (Lipinski definition) is 4. The summed E-state index contributed by atoms with van der Waals surface area (Å²) in [5.74, 6) is 0. The van der Waals surface area contributed by atoms with E-state index in [-0.39, 0.29) is 12.0 Å². The van der Waals surface area contributed by atoms with Gasteiger partial charge in [-0.25, -0.2) is 4.98 Å². The average Bonchev–Trinajstić information content (AvgIpc) is 2.89. The average molecular weight is 304 g/mol. The molecule has 1 N–H and O–H groups in total. The third-order valence-corrected chi connectivity index (χ3v) is 4.56. The number of aromatic nitrogens is 1. The van der Waals surface area contributed by atoms with Crippen molar-refractivity contribution < 1.29 is 5.11 Å². The Balaban J connectivity index is 2.04. The number of nitrogens with zero attached hydrogens (tertiary/aromatic N) is 2. The minimum Gasteiger partial charge on any atom is -0.395 e. The van der Waals surface area contributed by atoms with Crippen LogP contribution >= 0.6 is 11.3 Å². The third kappa shape index (κ3) is 4.92. The molecule has 1 aromatic carbocycles. The third-order valence-electron chi connectivity index (χ3n) is 3.24. The lowest BCUT2D eigenvalue weighted by atomic mass is 9.98. The first-order valence-electron chi connectivity index (χ1n) is 7.31. The zero-order valence-electron chi connectivity index (χ0n) is 13.0. The van der Waals surface area contributed by atoms with E-state index in [4.69, 9.17) is 4.98 Å². The van der Waals surface area contributed by atoms with Crippen LogP contribution in [0.15, 0.2) is 35.7 Å². The summed E-state index contributed by atoms with van der Waals surface area (Å²) < 4.78 is 0. The maximum Gasteiger partial charge on any atom is 0.0982 e. The highest BCUT2D eigenvalue weighted by Crippen LogP contribution is 2.26. The predicted octanol–water partition coefficient (Wildman–Crippen LogP) is 3.44. The van der Waals surface area contributed by atoms with Crippen LogP contribution in [-0.4, -0.2) is 28.1 Å². The lowest BCUT2D eigenvalue weighted by Gasteiger charge is -2.20. The van der Waals surface area contributed by atoms with Gasteiger partial charge >= 0.3 is 0 Å². The normalized spacial score (nSPS) is 12.0. The highest BCUT2D eigenvalue weighted by molar-refractivity contribution is 7.09. The van der Waals surface area contributed by atoms with Gasteiger partial charge in [-0.05, 0) is 5.56 Å². The van der Waals surface area contributed by atoms with Crippen molar-refractivity contribution in [3.05, 3.63) is 52.0 Å². The maximum atomic E-state index is 9.27. The first-order valence-corrected chi connectivity index (χ1v) is 8.19. The van der Waals surface area contributed by atoms with E-state index in [1.54, 1.807) is 11.3 Å². The SMILES string of the molecule is CC(C)(C)c1nc(CN(CCO)Cc2ccccc2)cs1. The van der Waals surface area contributed by atoms with Crippen molar-refractivity contribution in [1.82, 2.24) is 9.88 Å². The van der Waals surface area contributed by atoms with Crippen LogP contribution in [0.4, 0.5) is 0 Å². The van der Waals surface area contributed by atoms with E-state index in [2.05, 4.69) is 43.2 Å². The summed E-state index contributed by atoms with van der Waals surface area (Å²) in [5.41, 5.74) is 2.45. The van der Waals surface area contributed by atoms with Crippen molar-refractivity contribution in [1.29, 1.82) is 0 Å². The van der Waals surface area contributed by atoms with Gasteiger partial charge in [-0.2, -0.15) is 0 Å². The molecule has 21 heavy (non-hydrogen) atoms. The van der Waals surface area contributed by atoms with Crippen LogP contribution in [0.1, 0.15) is 37.0 Å². The Hall–Kier alpha value is -1.23. The molecule has 0 saturated carbocycles. The lowest BCUT2D eigenvalue weighted by molar-refractivity contribution is 0.183.